The third-order valence-electron chi connectivity index (χ3n) is 3.33. The molecule has 5 nitrogen and oxygen atoms in total. The van der Waals surface area contributed by atoms with E-state index in [0.29, 0.717) is 24.4 Å². The minimum atomic E-state index is -1.57. The Kier molecular flexibility index (Phi) is 3.90. The minimum absolute atomic E-state index is 0.397. The molecule has 0 aliphatic rings. The lowest BCUT2D eigenvalue weighted by Crippen LogP contribution is -2.32. The van der Waals surface area contributed by atoms with Gasteiger partial charge in [0.1, 0.15) is 12.4 Å². The van der Waals surface area contributed by atoms with Gasteiger partial charge in [-0.05, 0) is 22.9 Å². The predicted molar refractivity (Wildman–Crippen MR) is 81.5 cm³/mol. The van der Waals surface area contributed by atoms with Crippen molar-refractivity contribution in [3.8, 4) is 5.75 Å². The molecule has 0 saturated carbocycles. The smallest absolute Gasteiger partial charge is 0.492 e. The molecule has 6 heteroatoms. The standard InChI is InChI=1S/C15H15BN2O3/c19-16(20)15-13-5-2-1-4-12(13)6-7-14(15)21-11-10-18-9-3-8-17-18/h1-9,19-20H,10-11H2. The maximum atomic E-state index is 9.64. The Balaban J connectivity index is 1.85. The maximum absolute atomic E-state index is 9.64. The topological polar surface area (TPSA) is 67.5 Å². The van der Waals surface area contributed by atoms with E-state index in [9.17, 15) is 10.0 Å². The second-order valence-corrected chi connectivity index (χ2v) is 4.69. The zero-order chi connectivity index (χ0) is 14.7. The summed E-state index contributed by atoms with van der Waals surface area (Å²) in [6.07, 6.45) is 3.56. The Labute approximate surface area is 122 Å². The van der Waals surface area contributed by atoms with Crippen LogP contribution in [0.3, 0.4) is 0 Å². The van der Waals surface area contributed by atoms with E-state index in [0.717, 1.165) is 10.8 Å². The van der Waals surface area contributed by atoms with Gasteiger partial charge in [-0.1, -0.05) is 30.3 Å². The molecule has 0 bridgehead atoms. The van der Waals surface area contributed by atoms with Crippen LogP contribution in [0.15, 0.2) is 54.9 Å². The Morgan fingerprint density at radius 1 is 1.10 bits per heavy atom. The first-order chi connectivity index (χ1) is 10.3. The number of ether oxygens (including phenoxy) is 1. The number of nitrogens with zero attached hydrogens (tertiary/aromatic N) is 2. The predicted octanol–water partition coefficient (Wildman–Crippen LogP) is 0.795. The van der Waals surface area contributed by atoms with Crippen LogP contribution in [0, 0.1) is 0 Å². The Morgan fingerprint density at radius 3 is 2.71 bits per heavy atom. The van der Waals surface area contributed by atoms with Gasteiger partial charge in [0.05, 0.1) is 6.54 Å². The van der Waals surface area contributed by atoms with Crippen LogP contribution in [-0.2, 0) is 6.54 Å². The van der Waals surface area contributed by atoms with Crippen LogP contribution in [0.1, 0.15) is 0 Å². The van der Waals surface area contributed by atoms with E-state index in [2.05, 4.69) is 5.10 Å². The van der Waals surface area contributed by atoms with Crippen LogP contribution in [0.25, 0.3) is 10.8 Å². The van der Waals surface area contributed by atoms with Gasteiger partial charge in [-0.2, -0.15) is 5.10 Å². The Bertz CT molecular complexity index is 729. The summed E-state index contributed by atoms with van der Waals surface area (Å²) in [5.41, 5.74) is 0.397. The van der Waals surface area contributed by atoms with Crippen molar-refractivity contribution >= 4 is 23.4 Å². The zero-order valence-corrected chi connectivity index (χ0v) is 11.4. The SMILES string of the molecule is OB(O)c1c(OCCn2cccn2)ccc2ccccc12. The fourth-order valence-corrected chi connectivity index (χ4v) is 2.35. The molecule has 0 saturated heterocycles. The Hall–Kier alpha value is -2.31. The van der Waals surface area contributed by atoms with Crippen LogP contribution < -0.4 is 10.2 Å². The van der Waals surface area contributed by atoms with Crippen molar-refractivity contribution < 1.29 is 14.8 Å². The van der Waals surface area contributed by atoms with Gasteiger partial charge in [-0.25, -0.2) is 0 Å². The summed E-state index contributed by atoms with van der Waals surface area (Å²) in [5, 5.41) is 25.1. The average Bonchev–Trinajstić information content (AvgIpc) is 3.00. The highest BCUT2D eigenvalue weighted by molar-refractivity contribution is 6.63. The highest BCUT2D eigenvalue weighted by atomic mass is 16.5. The lowest BCUT2D eigenvalue weighted by atomic mass is 9.76. The van der Waals surface area contributed by atoms with E-state index >= 15 is 0 Å². The van der Waals surface area contributed by atoms with Crippen molar-refractivity contribution in [3.63, 3.8) is 0 Å². The molecule has 2 N–H and O–H groups in total. The Morgan fingerprint density at radius 2 is 1.95 bits per heavy atom. The van der Waals surface area contributed by atoms with Gasteiger partial charge in [0.15, 0.2) is 0 Å². The summed E-state index contributed by atoms with van der Waals surface area (Å²) in [7, 11) is -1.57. The van der Waals surface area contributed by atoms with Crippen molar-refractivity contribution in [1.29, 1.82) is 0 Å². The molecular formula is C15H15BN2O3. The van der Waals surface area contributed by atoms with Gasteiger partial charge in [0, 0.05) is 17.9 Å². The number of fused-ring (bicyclic) bond motifs is 1. The van der Waals surface area contributed by atoms with Crippen LogP contribution in [0.2, 0.25) is 0 Å². The molecule has 0 unspecified atom stereocenters. The minimum Gasteiger partial charge on any atom is -0.492 e. The second kappa shape index (κ2) is 5.99. The molecule has 1 aromatic heterocycles. The summed E-state index contributed by atoms with van der Waals surface area (Å²) in [4.78, 5) is 0. The lowest BCUT2D eigenvalue weighted by molar-refractivity contribution is 0.292. The summed E-state index contributed by atoms with van der Waals surface area (Å²) < 4.78 is 7.46. The number of hydrogen-bond acceptors (Lipinski definition) is 4. The van der Waals surface area contributed by atoms with E-state index in [-0.39, 0.29) is 0 Å². The largest absolute Gasteiger partial charge is 0.492 e. The molecule has 0 spiro atoms. The number of rotatable bonds is 5. The van der Waals surface area contributed by atoms with Crippen LogP contribution in [-0.4, -0.2) is 33.6 Å². The molecule has 106 valence electrons. The van der Waals surface area contributed by atoms with Gasteiger partial charge >= 0.3 is 7.12 Å². The lowest BCUT2D eigenvalue weighted by Gasteiger charge is -2.14. The summed E-state index contributed by atoms with van der Waals surface area (Å²) in [5.74, 6) is 0.482. The van der Waals surface area contributed by atoms with E-state index in [1.165, 1.54) is 0 Å². The molecule has 0 aliphatic heterocycles. The molecule has 0 aliphatic carbocycles. The molecule has 0 atom stereocenters. The molecular weight excluding hydrogens is 267 g/mol. The summed E-state index contributed by atoms with van der Waals surface area (Å²) >= 11 is 0. The van der Waals surface area contributed by atoms with E-state index < -0.39 is 7.12 Å². The number of benzene rings is 2. The normalized spacial score (nSPS) is 10.8. The summed E-state index contributed by atoms with van der Waals surface area (Å²) in [6, 6.07) is 13.1. The molecule has 2 aromatic carbocycles. The van der Waals surface area contributed by atoms with Crippen molar-refractivity contribution in [2.45, 2.75) is 6.54 Å². The van der Waals surface area contributed by atoms with Gasteiger partial charge in [0.25, 0.3) is 0 Å². The molecule has 3 rings (SSSR count). The molecule has 0 radical (unpaired) electrons. The second-order valence-electron chi connectivity index (χ2n) is 4.69. The van der Waals surface area contributed by atoms with Gasteiger partial charge in [-0.15, -0.1) is 0 Å². The fraction of sp³-hybridized carbons (Fsp3) is 0.133. The van der Waals surface area contributed by atoms with Gasteiger partial charge < -0.3 is 14.8 Å². The van der Waals surface area contributed by atoms with Crippen LogP contribution >= 0.6 is 0 Å². The van der Waals surface area contributed by atoms with Crippen LogP contribution in [0.4, 0.5) is 0 Å². The van der Waals surface area contributed by atoms with Gasteiger partial charge in [0.2, 0.25) is 0 Å². The van der Waals surface area contributed by atoms with Crippen molar-refractivity contribution in [2.24, 2.45) is 0 Å². The highest BCUT2D eigenvalue weighted by Crippen LogP contribution is 2.19. The number of aromatic nitrogens is 2. The fourth-order valence-electron chi connectivity index (χ4n) is 2.35. The average molecular weight is 282 g/mol. The first-order valence-corrected chi connectivity index (χ1v) is 6.74. The monoisotopic (exact) mass is 282 g/mol. The molecule has 0 fully saturated rings. The van der Waals surface area contributed by atoms with E-state index in [1.54, 1.807) is 16.9 Å². The quantitative estimate of drug-likeness (QED) is 0.679. The highest BCUT2D eigenvalue weighted by Gasteiger charge is 2.20. The zero-order valence-electron chi connectivity index (χ0n) is 11.4. The van der Waals surface area contributed by atoms with Crippen LogP contribution in [0.5, 0.6) is 5.75 Å². The maximum Gasteiger partial charge on any atom is 0.492 e. The molecule has 21 heavy (non-hydrogen) atoms. The van der Waals surface area contributed by atoms with E-state index in [4.69, 9.17) is 4.74 Å². The van der Waals surface area contributed by atoms with Crippen molar-refractivity contribution in [1.82, 2.24) is 9.78 Å². The molecule has 3 aromatic rings. The third-order valence-corrected chi connectivity index (χ3v) is 3.33. The first-order valence-electron chi connectivity index (χ1n) is 6.74. The third kappa shape index (κ3) is 2.91. The van der Waals surface area contributed by atoms with Crippen molar-refractivity contribution in [2.75, 3.05) is 6.61 Å². The van der Waals surface area contributed by atoms with Gasteiger partial charge in [-0.3, -0.25) is 4.68 Å². The molecule has 0 amide bonds. The van der Waals surface area contributed by atoms with E-state index in [1.807, 2.05) is 42.6 Å². The number of hydrogen-bond donors (Lipinski definition) is 2. The van der Waals surface area contributed by atoms with Crippen molar-refractivity contribution in [3.05, 3.63) is 54.9 Å². The first kappa shape index (κ1) is 13.7. The molecule has 1 heterocycles. The summed E-state index contributed by atoms with van der Waals surface area (Å²) in [6.45, 7) is 1.00.